The zero-order valence-corrected chi connectivity index (χ0v) is 10.8. The summed E-state index contributed by atoms with van der Waals surface area (Å²) < 4.78 is 24.3. The quantitative estimate of drug-likeness (QED) is 0.409. The summed E-state index contributed by atoms with van der Waals surface area (Å²) in [7, 11) is 0. The molecule has 96 valence electrons. The Bertz CT molecular complexity index is 303. The molecule has 0 aliphatic rings. The van der Waals surface area contributed by atoms with Gasteiger partial charge in [0.05, 0.1) is 0 Å². The van der Waals surface area contributed by atoms with Gasteiger partial charge in [-0.15, -0.1) is 0 Å². The second-order valence-corrected chi connectivity index (χ2v) is 4.11. The Labute approximate surface area is 103 Å². The molecule has 0 aliphatic heterocycles. The van der Waals surface area contributed by atoms with Gasteiger partial charge in [0.2, 0.25) is 0 Å². The molecule has 0 aromatic carbocycles. The van der Waals surface area contributed by atoms with Gasteiger partial charge < -0.3 is 0 Å². The summed E-state index contributed by atoms with van der Waals surface area (Å²) in [5.74, 6) is 0. The summed E-state index contributed by atoms with van der Waals surface area (Å²) in [6.45, 7) is 6.36. The predicted octanol–water partition coefficient (Wildman–Crippen LogP) is 5.10. The van der Waals surface area contributed by atoms with E-state index in [1.807, 2.05) is 19.9 Å². The monoisotopic (exact) mass is 240 g/mol. The Morgan fingerprint density at radius 2 is 1.71 bits per heavy atom. The minimum absolute atomic E-state index is 0.250. The van der Waals surface area contributed by atoms with Gasteiger partial charge in [0.25, 0.3) is 0 Å². The van der Waals surface area contributed by atoms with Crippen molar-refractivity contribution in [1.29, 1.82) is 0 Å². The number of hydrogen-bond acceptors (Lipinski definition) is 0. The lowest BCUT2D eigenvalue weighted by Gasteiger charge is -1.99. The fraction of sp³-hybridized carbons (Fsp3) is 0.467. The Kier molecular flexibility index (Phi) is 9.31. The molecule has 0 saturated heterocycles. The van der Waals surface area contributed by atoms with E-state index in [0.717, 1.165) is 18.4 Å². The standard InChI is InChI=1S/C15H22F2/c1-4-13(2)7-5-8-14(3)9-6-10-15(11-16)12-17/h4,7-8,10H,1,5-6,9,11-12H2,2-3H3/b13-7+,14-8+. The molecule has 0 radical (unpaired) electrons. The summed E-state index contributed by atoms with van der Waals surface area (Å²) in [6, 6.07) is 0. The van der Waals surface area contributed by atoms with E-state index in [-0.39, 0.29) is 5.57 Å². The minimum Gasteiger partial charge on any atom is -0.246 e. The van der Waals surface area contributed by atoms with Gasteiger partial charge in [0, 0.05) is 0 Å². The van der Waals surface area contributed by atoms with Gasteiger partial charge in [-0.25, -0.2) is 8.78 Å². The van der Waals surface area contributed by atoms with Crippen molar-refractivity contribution in [3.05, 3.63) is 47.6 Å². The molecule has 2 heteroatoms. The molecular weight excluding hydrogens is 218 g/mol. The van der Waals surface area contributed by atoms with E-state index in [9.17, 15) is 8.78 Å². The summed E-state index contributed by atoms with van der Waals surface area (Å²) in [6.07, 6.45) is 10.1. The highest BCUT2D eigenvalue weighted by atomic mass is 19.1. The first-order valence-electron chi connectivity index (χ1n) is 5.88. The highest BCUT2D eigenvalue weighted by molar-refractivity contribution is 5.15. The lowest BCUT2D eigenvalue weighted by Crippen LogP contribution is -1.88. The molecule has 0 aromatic heterocycles. The summed E-state index contributed by atoms with van der Waals surface area (Å²) >= 11 is 0. The average Bonchev–Trinajstić information content (AvgIpc) is 2.34. The van der Waals surface area contributed by atoms with Crippen LogP contribution in [0.4, 0.5) is 8.78 Å². The zero-order valence-electron chi connectivity index (χ0n) is 10.8. The number of hydrogen-bond donors (Lipinski definition) is 0. The van der Waals surface area contributed by atoms with Crippen LogP contribution in [0.15, 0.2) is 47.6 Å². The van der Waals surface area contributed by atoms with Crippen molar-refractivity contribution in [2.75, 3.05) is 13.3 Å². The SMILES string of the molecule is C=C/C(C)=C/C/C=C(\C)CCC=C(CF)CF. The molecule has 0 rings (SSSR count). The molecule has 0 heterocycles. The third kappa shape index (κ3) is 8.61. The van der Waals surface area contributed by atoms with E-state index in [1.165, 1.54) is 5.57 Å². The molecule has 0 bridgehead atoms. The molecule has 0 aromatic rings. The molecule has 0 aliphatic carbocycles. The van der Waals surface area contributed by atoms with E-state index in [1.54, 1.807) is 6.08 Å². The van der Waals surface area contributed by atoms with Crippen molar-refractivity contribution < 1.29 is 8.78 Å². The molecule has 0 fully saturated rings. The van der Waals surface area contributed by atoms with Crippen LogP contribution < -0.4 is 0 Å². The Hall–Kier alpha value is -1.18. The molecule has 0 nitrogen and oxygen atoms in total. The van der Waals surface area contributed by atoms with Crippen molar-refractivity contribution in [1.82, 2.24) is 0 Å². The van der Waals surface area contributed by atoms with Crippen molar-refractivity contribution in [3.8, 4) is 0 Å². The minimum atomic E-state index is -0.680. The van der Waals surface area contributed by atoms with Crippen LogP contribution in [0.3, 0.4) is 0 Å². The van der Waals surface area contributed by atoms with E-state index in [4.69, 9.17) is 0 Å². The molecule has 0 N–H and O–H groups in total. The molecule has 0 amide bonds. The largest absolute Gasteiger partial charge is 0.246 e. The normalized spacial score (nSPS) is 12.5. The Morgan fingerprint density at radius 3 is 2.24 bits per heavy atom. The fourth-order valence-electron chi connectivity index (χ4n) is 1.28. The molecule has 0 atom stereocenters. The zero-order chi connectivity index (χ0) is 13.1. The third-order valence-electron chi connectivity index (χ3n) is 2.54. The van der Waals surface area contributed by atoms with E-state index in [2.05, 4.69) is 18.7 Å². The number of alkyl halides is 2. The number of halogens is 2. The smallest absolute Gasteiger partial charge is 0.113 e. The number of allylic oxidation sites excluding steroid dienone is 7. The van der Waals surface area contributed by atoms with Crippen molar-refractivity contribution in [3.63, 3.8) is 0 Å². The highest BCUT2D eigenvalue weighted by Crippen LogP contribution is 2.09. The van der Waals surface area contributed by atoms with Crippen LogP contribution in [0.5, 0.6) is 0 Å². The van der Waals surface area contributed by atoms with Crippen molar-refractivity contribution >= 4 is 0 Å². The van der Waals surface area contributed by atoms with Gasteiger partial charge in [-0.3, -0.25) is 0 Å². The van der Waals surface area contributed by atoms with Crippen LogP contribution in [0, 0.1) is 0 Å². The summed E-state index contributed by atoms with van der Waals surface area (Å²) in [4.78, 5) is 0. The van der Waals surface area contributed by atoms with Gasteiger partial charge in [-0.1, -0.05) is 42.0 Å². The van der Waals surface area contributed by atoms with Crippen LogP contribution in [-0.2, 0) is 0 Å². The fourth-order valence-corrected chi connectivity index (χ4v) is 1.28. The van der Waals surface area contributed by atoms with E-state index < -0.39 is 13.3 Å². The first kappa shape index (κ1) is 15.8. The maximum atomic E-state index is 12.2. The van der Waals surface area contributed by atoms with Crippen LogP contribution in [0.25, 0.3) is 0 Å². The van der Waals surface area contributed by atoms with Gasteiger partial charge in [0.15, 0.2) is 0 Å². The first-order chi connectivity index (χ1) is 8.13. The van der Waals surface area contributed by atoms with Gasteiger partial charge in [-0.2, -0.15) is 0 Å². The summed E-state index contributed by atoms with van der Waals surface area (Å²) in [5.41, 5.74) is 2.65. The molecular formula is C15H22F2. The lowest BCUT2D eigenvalue weighted by molar-refractivity contribution is 0.473. The second kappa shape index (κ2) is 10.0. The van der Waals surface area contributed by atoms with E-state index in [0.29, 0.717) is 6.42 Å². The highest BCUT2D eigenvalue weighted by Gasteiger charge is 1.94. The van der Waals surface area contributed by atoms with Crippen LogP contribution in [-0.4, -0.2) is 13.3 Å². The van der Waals surface area contributed by atoms with Crippen molar-refractivity contribution in [2.24, 2.45) is 0 Å². The molecule has 17 heavy (non-hydrogen) atoms. The van der Waals surface area contributed by atoms with Gasteiger partial charge in [-0.05, 0) is 38.7 Å². The maximum absolute atomic E-state index is 12.2. The third-order valence-corrected chi connectivity index (χ3v) is 2.54. The second-order valence-electron chi connectivity index (χ2n) is 4.11. The predicted molar refractivity (Wildman–Crippen MR) is 71.6 cm³/mol. The van der Waals surface area contributed by atoms with E-state index >= 15 is 0 Å². The summed E-state index contributed by atoms with van der Waals surface area (Å²) in [5, 5.41) is 0. The van der Waals surface area contributed by atoms with Crippen LogP contribution >= 0.6 is 0 Å². The maximum Gasteiger partial charge on any atom is 0.113 e. The van der Waals surface area contributed by atoms with Crippen LogP contribution in [0.1, 0.15) is 33.1 Å². The van der Waals surface area contributed by atoms with Crippen LogP contribution in [0.2, 0.25) is 0 Å². The first-order valence-corrected chi connectivity index (χ1v) is 5.88. The van der Waals surface area contributed by atoms with Crippen molar-refractivity contribution in [2.45, 2.75) is 33.1 Å². The number of rotatable bonds is 8. The lowest BCUT2D eigenvalue weighted by atomic mass is 10.1. The Morgan fingerprint density at radius 1 is 1.06 bits per heavy atom. The molecule has 0 unspecified atom stereocenters. The molecule has 0 spiro atoms. The Balaban J connectivity index is 4.01. The van der Waals surface area contributed by atoms with Gasteiger partial charge in [0.1, 0.15) is 13.3 Å². The topological polar surface area (TPSA) is 0 Å². The average molecular weight is 240 g/mol. The molecule has 0 saturated carbocycles. The van der Waals surface area contributed by atoms with Gasteiger partial charge >= 0.3 is 0 Å².